The van der Waals surface area contributed by atoms with Crippen LogP contribution >= 0.6 is 0 Å². The van der Waals surface area contributed by atoms with Gasteiger partial charge in [-0.15, -0.1) is 6.42 Å². The molecule has 82 valence electrons. The Morgan fingerprint density at radius 2 is 2.07 bits per heavy atom. The van der Waals surface area contributed by atoms with Gasteiger partial charge in [0.15, 0.2) is 0 Å². The molecule has 0 spiro atoms. The van der Waals surface area contributed by atoms with Gasteiger partial charge in [-0.05, 0) is 27.7 Å². The molecule has 0 heterocycles. The van der Waals surface area contributed by atoms with E-state index < -0.39 is 6.10 Å². The highest BCUT2D eigenvalue weighted by Gasteiger charge is 2.13. The van der Waals surface area contributed by atoms with Gasteiger partial charge in [0.2, 0.25) is 0 Å². The van der Waals surface area contributed by atoms with Crippen molar-refractivity contribution in [3.8, 4) is 12.3 Å². The van der Waals surface area contributed by atoms with Crippen LogP contribution in [0, 0.1) is 12.3 Å². The maximum Gasteiger partial charge on any atom is 0.0898 e. The lowest BCUT2D eigenvalue weighted by molar-refractivity contribution is -0.0480. The van der Waals surface area contributed by atoms with Crippen LogP contribution in [0.15, 0.2) is 0 Å². The molecule has 2 atom stereocenters. The minimum atomic E-state index is -0.509. The molecule has 2 N–H and O–H groups in total. The molecule has 0 aromatic heterocycles. The van der Waals surface area contributed by atoms with Crippen molar-refractivity contribution in [1.82, 2.24) is 5.32 Å². The van der Waals surface area contributed by atoms with Gasteiger partial charge < -0.3 is 15.2 Å². The Labute approximate surface area is 86.8 Å². The molecule has 0 rings (SSSR count). The zero-order valence-corrected chi connectivity index (χ0v) is 9.50. The zero-order chi connectivity index (χ0) is 11.2. The lowest BCUT2D eigenvalue weighted by Gasteiger charge is -2.22. The standard InChI is InChI=1S/C11H21NO2/c1-6-9(2)12-7-10(13)8-14-11(3,4)5/h1,9-10,12-13H,7-8H2,2-5H3. The summed E-state index contributed by atoms with van der Waals surface area (Å²) in [5.74, 6) is 2.53. The van der Waals surface area contributed by atoms with Crippen LogP contribution in [0.5, 0.6) is 0 Å². The van der Waals surface area contributed by atoms with E-state index in [0.29, 0.717) is 13.2 Å². The van der Waals surface area contributed by atoms with Crippen molar-refractivity contribution in [2.45, 2.75) is 45.4 Å². The van der Waals surface area contributed by atoms with E-state index in [2.05, 4.69) is 11.2 Å². The molecule has 0 amide bonds. The first kappa shape index (κ1) is 13.4. The lowest BCUT2D eigenvalue weighted by atomic mass is 10.2. The molecule has 0 fully saturated rings. The van der Waals surface area contributed by atoms with Crippen LogP contribution in [0.4, 0.5) is 0 Å². The minimum absolute atomic E-state index is 0.0145. The Balaban J connectivity index is 3.57. The third kappa shape index (κ3) is 8.06. The molecule has 0 aliphatic carbocycles. The first-order valence-corrected chi connectivity index (χ1v) is 4.86. The quantitative estimate of drug-likeness (QED) is 0.643. The van der Waals surface area contributed by atoms with Crippen molar-refractivity contribution in [2.75, 3.05) is 13.2 Å². The number of hydrogen-bond donors (Lipinski definition) is 2. The molecule has 3 nitrogen and oxygen atoms in total. The largest absolute Gasteiger partial charge is 0.389 e. The second-order valence-electron chi connectivity index (χ2n) is 4.37. The molecular weight excluding hydrogens is 178 g/mol. The summed E-state index contributed by atoms with van der Waals surface area (Å²) < 4.78 is 5.42. The van der Waals surface area contributed by atoms with Crippen molar-refractivity contribution in [3.63, 3.8) is 0 Å². The monoisotopic (exact) mass is 199 g/mol. The van der Waals surface area contributed by atoms with E-state index >= 15 is 0 Å². The van der Waals surface area contributed by atoms with Crippen LogP contribution in [0.1, 0.15) is 27.7 Å². The van der Waals surface area contributed by atoms with Gasteiger partial charge in [-0.25, -0.2) is 0 Å². The van der Waals surface area contributed by atoms with Crippen LogP contribution in [-0.4, -0.2) is 36.0 Å². The van der Waals surface area contributed by atoms with Crippen LogP contribution in [0.25, 0.3) is 0 Å². The topological polar surface area (TPSA) is 41.5 Å². The van der Waals surface area contributed by atoms with Crippen molar-refractivity contribution in [2.24, 2.45) is 0 Å². The molecule has 0 aromatic carbocycles. The van der Waals surface area contributed by atoms with E-state index in [-0.39, 0.29) is 11.6 Å². The Bertz CT molecular complexity index is 190. The molecule has 14 heavy (non-hydrogen) atoms. The molecule has 0 aliphatic rings. The predicted molar refractivity (Wildman–Crippen MR) is 58.0 cm³/mol. The molecule has 0 saturated heterocycles. The highest BCUT2D eigenvalue weighted by molar-refractivity contribution is 4.95. The van der Waals surface area contributed by atoms with E-state index in [1.54, 1.807) is 0 Å². The Morgan fingerprint density at radius 3 is 2.50 bits per heavy atom. The fourth-order valence-corrected chi connectivity index (χ4v) is 0.777. The fourth-order valence-electron chi connectivity index (χ4n) is 0.777. The Morgan fingerprint density at radius 1 is 1.50 bits per heavy atom. The summed E-state index contributed by atoms with van der Waals surface area (Å²) in [5, 5.41) is 12.5. The molecule has 0 bridgehead atoms. The first-order valence-electron chi connectivity index (χ1n) is 4.86. The second-order valence-corrected chi connectivity index (χ2v) is 4.37. The second kappa shape index (κ2) is 6.02. The van der Waals surface area contributed by atoms with E-state index in [4.69, 9.17) is 11.2 Å². The summed E-state index contributed by atoms with van der Waals surface area (Å²) in [6.45, 7) is 8.53. The summed E-state index contributed by atoms with van der Waals surface area (Å²) in [5.41, 5.74) is -0.210. The highest BCUT2D eigenvalue weighted by Crippen LogP contribution is 2.06. The summed E-state index contributed by atoms with van der Waals surface area (Å²) >= 11 is 0. The van der Waals surface area contributed by atoms with E-state index in [9.17, 15) is 5.11 Å². The summed E-state index contributed by atoms with van der Waals surface area (Å²) in [6.07, 6.45) is 4.67. The van der Waals surface area contributed by atoms with Crippen molar-refractivity contribution < 1.29 is 9.84 Å². The summed E-state index contributed by atoms with van der Waals surface area (Å²) in [6, 6.07) is -0.0145. The maximum absolute atomic E-state index is 9.50. The summed E-state index contributed by atoms with van der Waals surface area (Å²) in [7, 11) is 0. The van der Waals surface area contributed by atoms with Crippen LogP contribution < -0.4 is 5.32 Å². The van der Waals surface area contributed by atoms with Gasteiger partial charge in [-0.2, -0.15) is 0 Å². The normalized spacial score (nSPS) is 16.0. The van der Waals surface area contributed by atoms with Crippen LogP contribution in [0.2, 0.25) is 0 Å². The van der Waals surface area contributed by atoms with Gasteiger partial charge in [0.1, 0.15) is 0 Å². The zero-order valence-electron chi connectivity index (χ0n) is 9.50. The Kier molecular flexibility index (Phi) is 5.78. The number of nitrogens with one attached hydrogen (secondary N) is 1. The minimum Gasteiger partial charge on any atom is -0.389 e. The van der Waals surface area contributed by atoms with Crippen molar-refractivity contribution >= 4 is 0 Å². The number of rotatable bonds is 5. The van der Waals surface area contributed by atoms with Gasteiger partial charge >= 0.3 is 0 Å². The lowest BCUT2D eigenvalue weighted by Crippen LogP contribution is -2.37. The van der Waals surface area contributed by atoms with Gasteiger partial charge in [0.25, 0.3) is 0 Å². The number of hydrogen-bond acceptors (Lipinski definition) is 3. The highest BCUT2D eigenvalue weighted by atomic mass is 16.5. The van der Waals surface area contributed by atoms with Crippen molar-refractivity contribution in [1.29, 1.82) is 0 Å². The number of aliphatic hydroxyl groups excluding tert-OH is 1. The third-order valence-corrected chi connectivity index (χ3v) is 1.62. The van der Waals surface area contributed by atoms with E-state index in [1.165, 1.54) is 0 Å². The molecular formula is C11H21NO2. The molecule has 0 aromatic rings. The smallest absolute Gasteiger partial charge is 0.0898 e. The average Bonchev–Trinajstić information content (AvgIpc) is 2.09. The molecule has 2 unspecified atom stereocenters. The van der Waals surface area contributed by atoms with E-state index in [1.807, 2.05) is 27.7 Å². The molecule has 0 radical (unpaired) electrons. The Hall–Kier alpha value is -0.560. The van der Waals surface area contributed by atoms with Gasteiger partial charge in [0, 0.05) is 6.54 Å². The molecule has 3 heteroatoms. The SMILES string of the molecule is C#CC(C)NCC(O)COC(C)(C)C. The van der Waals surface area contributed by atoms with Crippen LogP contribution in [-0.2, 0) is 4.74 Å². The number of terminal acetylenes is 1. The molecule has 0 aliphatic heterocycles. The molecule has 0 saturated carbocycles. The number of aliphatic hydroxyl groups is 1. The predicted octanol–water partition coefficient (Wildman–Crippen LogP) is 0.774. The maximum atomic E-state index is 9.50. The van der Waals surface area contributed by atoms with E-state index in [0.717, 1.165) is 0 Å². The summed E-state index contributed by atoms with van der Waals surface area (Å²) in [4.78, 5) is 0. The number of ether oxygens (including phenoxy) is 1. The van der Waals surface area contributed by atoms with Crippen molar-refractivity contribution in [3.05, 3.63) is 0 Å². The third-order valence-electron chi connectivity index (χ3n) is 1.62. The van der Waals surface area contributed by atoms with Gasteiger partial charge in [-0.3, -0.25) is 0 Å². The van der Waals surface area contributed by atoms with Gasteiger partial charge in [-0.1, -0.05) is 5.92 Å². The fraction of sp³-hybridized carbons (Fsp3) is 0.818. The first-order chi connectivity index (χ1) is 6.35. The van der Waals surface area contributed by atoms with Crippen LogP contribution in [0.3, 0.4) is 0 Å². The van der Waals surface area contributed by atoms with Gasteiger partial charge in [0.05, 0.1) is 24.4 Å². The average molecular weight is 199 g/mol.